The maximum Gasteiger partial charge on any atom is 0.289 e. The summed E-state index contributed by atoms with van der Waals surface area (Å²) in [5, 5.41) is 12.8. The number of nitrogens with zero attached hydrogens (tertiary/aromatic N) is 6. The van der Waals surface area contributed by atoms with Gasteiger partial charge in [0.25, 0.3) is 5.91 Å². The van der Waals surface area contributed by atoms with Gasteiger partial charge in [-0.15, -0.1) is 5.10 Å². The van der Waals surface area contributed by atoms with E-state index in [0.717, 1.165) is 23.6 Å². The van der Waals surface area contributed by atoms with E-state index in [1.165, 1.54) is 11.8 Å². The average Bonchev–Trinajstić information content (AvgIpc) is 3.62. The fourth-order valence-corrected chi connectivity index (χ4v) is 4.50. The molecule has 0 saturated carbocycles. The number of tetrazole rings is 1. The highest BCUT2D eigenvalue weighted by atomic mass is 16.5. The van der Waals surface area contributed by atoms with Gasteiger partial charge >= 0.3 is 0 Å². The number of piperazine rings is 1. The minimum atomic E-state index is -0.146. The van der Waals surface area contributed by atoms with E-state index in [2.05, 4.69) is 44.7 Å². The fourth-order valence-electron chi connectivity index (χ4n) is 4.50. The summed E-state index contributed by atoms with van der Waals surface area (Å²) >= 11 is 0. The molecule has 1 aliphatic heterocycles. The van der Waals surface area contributed by atoms with Crippen LogP contribution in [0.25, 0.3) is 0 Å². The molecule has 4 aromatic rings. The molecule has 1 unspecified atom stereocenters. The molecule has 1 aliphatic rings. The number of rotatable bonds is 8. The minimum absolute atomic E-state index is 0.0802. The summed E-state index contributed by atoms with van der Waals surface area (Å²) in [6.07, 6.45) is 2.36. The number of amides is 1. The molecule has 0 spiro atoms. The molecule has 9 heteroatoms. The summed E-state index contributed by atoms with van der Waals surface area (Å²) in [6.45, 7) is 3.24. The lowest BCUT2D eigenvalue weighted by Crippen LogP contribution is -2.50. The Morgan fingerprint density at radius 3 is 2.46 bits per heavy atom. The molecule has 0 aliphatic carbocycles. The van der Waals surface area contributed by atoms with Crippen molar-refractivity contribution in [1.29, 1.82) is 0 Å². The Balaban J connectivity index is 1.37. The van der Waals surface area contributed by atoms with Gasteiger partial charge in [0.2, 0.25) is 0 Å². The Bertz CT molecular complexity index is 1220. The van der Waals surface area contributed by atoms with Gasteiger partial charge in [-0.25, -0.2) is 4.68 Å². The van der Waals surface area contributed by atoms with Gasteiger partial charge in [0.15, 0.2) is 11.6 Å². The van der Waals surface area contributed by atoms with Gasteiger partial charge < -0.3 is 14.1 Å². The molecule has 2 aromatic carbocycles. The lowest BCUT2D eigenvalue weighted by molar-refractivity contribution is 0.0559. The van der Waals surface area contributed by atoms with Crippen molar-refractivity contribution in [1.82, 2.24) is 30.0 Å². The first kappa shape index (κ1) is 22.8. The van der Waals surface area contributed by atoms with Crippen LogP contribution < -0.4 is 4.74 Å². The predicted octanol–water partition coefficient (Wildman–Crippen LogP) is 3.06. The fraction of sp³-hybridized carbons (Fsp3) is 0.308. The van der Waals surface area contributed by atoms with Crippen LogP contribution in [0.1, 0.15) is 33.5 Å². The standard InChI is InChI=1S/C26H28N6O3/c1-34-22-11-9-21(10-12-22)24(25-27-28-29-32(25)14-13-20-6-3-2-4-7-20)30-15-17-31(18-16-30)26(33)23-8-5-19-35-23/h2-12,19,24H,13-18H2,1H3. The van der Waals surface area contributed by atoms with Crippen LogP contribution in [0.3, 0.4) is 0 Å². The van der Waals surface area contributed by atoms with Gasteiger partial charge in [0.05, 0.1) is 19.4 Å². The molecule has 3 heterocycles. The molecule has 5 rings (SSSR count). The molecular weight excluding hydrogens is 444 g/mol. The quantitative estimate of drug-likeness (QED) is 0.389. The van der Waals surface area contributed by atoms with E-state index in [1.807, 2.05) is 39.9 Å². The normalized spacial score (nSPS) is 15.2. The van der Waals surface area contributed by atoms with E-state index >= 15 is 0 Å². The number of ether oxygens (including phenoxy) is 1. The summed E-state index contributed by atoms with van der Waals surface area (Å²) in [4.78, 5) is 16.9. The van der Waals surface area contributed by atoms with Crippen LogP contribution >= 0.6 is 0 Å². The third-order valence-electron chi connectivity index (χ3n) is 6.39. The van der Waals surface area contributed by atoms with Crippen LogP contribution in [-0.4, -0.2) is 69.2 Å². The van der Waals surface area contributed by atoms with Crippen LogP contribution in [0.2, 0.25) is 0 Å². The highest BCUT2D eigenvalue weighted by Gasteiger charge is 2.32. The third kappa shape index (κ3) is 5.09. The van der Waals surface area contributed by atoms with Crippen LogP contribution in [-0.2, 0) is 13.0 Å². The van der Waals surface area contributed by atoms with Crippen molar-refractivity contribution in [3.8, 4) is 5.75 Å². The maximum absolute atomic E-state index is 12.7. The molecule has 0 radical (unpaired) electrons. The first-order valence-corrected chi connectivity index (χ1v) is 11.7. The number of aromatic nitrogens is 4. The van der Waals surface area contributed by atoms with Crippen LogP contribution in [0.5, 0.6) is 5.75 Å². The maximum atomic E-state index is 12.7. The highest BCUT2D eigenvalue weighted by molar-refractivity contribution is 5.91. The number of furan rings is 1. The molecule has 9 nitrogen and oxygen atoms in total. The van der Waals surface area contributed by atoms with Crippen LogP contribution in [0, 0.1) is 0 Å². The molecule has 0 bridgehead atoms. The SMILES string of the molecule is COc1ccc(C(c2nnnn2CCc2ccccc2)N2CCN(C(=O)c3ccco3)CC2)cc1. The first-order valence-electron chi connectivity index (χ1n) is 11.7. The van der Waals surface area contributed by atoms with E-state index in [0.29, 0.717) is 38.5 Å². The Labute approximate surface area is 203 Å². The zero-order chi connectivity index (χ0) is 24.0. The second-order valence-corrected chi connectivity index (χ2v) is 8.48. The van der Waals surface area contributed by atoms with Crippen molar-refractivity contribution >= 4 is 5.91 Å². The average molecular weight is 473 g/mol. The van der Waals surface area contributed by atoms with Crippen LogP contribution in [0.4, 0.5) is 0 Å². The number of methoxy groups -OCH3 is 1. The van der Waals surface area contributed by atoms with E-state index in [9.17, 15) is 4.79 Å². The Hall–Kier alpha value is -3.98. The van der Waals surface area contributed by atoms with Crippen molar-refractivity contribution in [3.63, 3.8) is 0 Å². The van der Waals surface area contributed by atoms with Gasteiger partial charge in [-0.05, 0) is 52.2 Å². The highest BCUT2D eigenvalue weighted by Crippen LogP contribution is 2.30. The molecule has 2 aromatic heterocycles. The molecule has 1 atom stereocenters. The van der Waals surface area contributed by atoms with Gasteiger partial charge in [0, 0.05) is 32.7 Å². The number of carbonyl (C=O) groups is 1. The summed E-state index contributed by atoms with van der Waals surface area (Å²) in [5.74, 6) is 1.88. The molecular formula is C26H28N6O3. The molecule has 180 valence electrons. The number of carbonyl (C=O) groups excluding carboxylic acids is 1. The van der Waals surface area contributed by atoms with Crippen molar-refractivity contribution in [2.75, 3.05) is 33.3 Å². The van der Waals surface area contributed by atoms with Crippen molar-refractivity contribution in [2.24, 2.45) is 0 Å². The summed E-state index contributed by atoms with van der Waals surface area (Å²) < 4.78 is 12.6. The largest absolute Gasteiger partial charge is 0.497 e. The summed E-state index contributed by atoms with van der Waals surface area (Å²) in [6, 6.07) is 21.6. The molecule has 35 heavy (non-hydrogen) atoms. The van der Waals surface area contributed by atoms with Gasteiger partial charge in [-0.2, -0.15) is 0 Å². The topological polar surface area (TPSA) is 89.5 Å². The molecule has 0 N–H and O–H groups in total. The zero-order valence-electron chi connectivity index (χ0n) is 19.7. The van der Waals surface area contributed by atoms with E-state index in [-0.39, 0.29) is 11.9 Å². The molecule has 1 fully saturated rings. The number of hydrogen-bond acceptors (Lipinski definition) is 7. The first-order chi connectivity index (χ1) is 17.2. The van der Waals surface area contributed by atoms with E-state index in [4.69, 9.17) is 9.15 Å². The Kier molecular flexibility index (Phi) is 6.85. The van der Waals surface area contributed by atoms with Gasteiger partial charge in [-0.3, -0.25) is 9.69 Å². The monoisotopic (exact) mass is 472 g/mol. The van der Waals surface area contributed by atoms with Crippen LogP contribution in [0.15, 0.2) is 77.4 Å². The third-order valence-corrected chi connectivity index (χ3v) is 6.39. The number of aryl methyl sites for hydroxylation is 2. The van der Waals surface area contributed by atoms with Crippen molar-refractivity contribution < 1.29 is 13.9 Å². The molecule has 1 saturated heterocycles. The lowest BCUT2D eigenvalue weighted by Gasteiger charge is -2.38. The Morgan fingerprint density at radius 2 is 1.77 bits per heavy atom. The second-order valence-electron chi connectivity index (χ2n) is 8.48. The smallest absolute Gasteiger partial charge is 0.289 e. The van der Waals surface area contributed by atoms with E-state index in [1.54, 1.807) is 19.2 Å². The van der Waals surface area contributed by atoms with E-state index < -0.39 is 0 Å². The Morgan fingerprint density at radius 1 is 1.00 bits per heavy atom. The zero-order valence-corrected chi connectivity index (χ0v) is 19.7. The number of hydrogen-bond donors (Lipinski definition) is 0. The van der Waals surface area contributed by atoms with Gasteiger partial charge in [-0.1, -0.05) is 42.5 Å². The number of benzene rings is 2. The lowest BCUT2D eigenvalue weighted by atomic mass is 10.0. The second kappa shape index (κ2) is 10.5. The summed E-state index contributed by atoms with van der Waals surface area (Å²) in [7, 11) is 1.66. The molecule has 1 amide bonds. The predicted molar refractivity (Wildman–Crippen MR) is 129 cm³/mol. The van der Waals surface area contributed by atoms with Crippen molar-refractivity contribution in [2.45, 2.75) is 19.0 Å². The van der Waals surface area contributed by atoms with Gasteiger partial charge in [0.1, 0.15) is 5.75 Å². The minimum Gasteiger partial charge on any atom is -0.497 e. The summed E-state index contributed by atoms with van der Waals surface area (Å²) in [5.41, 5.74) is 2.31. The van der Waals surface area contributed by atoms with Crippen molar-refractivity contribution in [3.05, 3.63) is 95.7 Å².